The molecule has 0 heterocycles. The van der Waals surface area contributed by atoms with Gasteiger partial charge in [0, 0.05) is 0 Å². The lowest BCUT2D eigenvalue weighted by molar-refractivity contribution is -0.117. The second-order valence-electron chi connectivity index (χ2n) is 5.52. The van der Waals surface area contributed by atoms with Crippen molar-refractivity contribution in [3.05, 3.63) is 83.4 Å². The van der Waals surface area contributed by atoms with Gasteiger partial charge in [0.15, 0.2) is 0 Å². The first-order valence-electron chi connectivity index (χ1n) is 7.21. The number of hydrogen-bond acceptors (Lipinski definition) is 1. The van der Waals surface area contributed by atoms with Gasteiger partial charge in [-0.2, -0.15) is 0 Å². The number of fused-ring (bicyclic) bond motifs is 1. The molecular weight excluding hydrogens is 256 g/mol. The fourth-order valence-electron chi connectivity index (χ4n) is 2.89. The molecule has 0 aliphatic rings. The molecule has 0 aliphatic heterocycles. The Bertz CT molecular complexity index is 779. The van der Waals surface area contributed by atoms with Crippen LogP contribution >= 0.6 is 0 Å². The lowest BCUT2D eigenvalue weighted by Gasteiger charge is -2.17. The summed E-state index contributed by atoms with van der Waals surface area (Å²) in [5, 5.41) is 2.33. The predicted molar refractivity (Wildman–Crippen MR) is 87.7 cm³/mol. The van der Waals surface area contributed by atoms with Crippen molar-refractivity contribution >= 4 is 16.6 Å². The number of carbonyl (C=O) groups excluding carboxylic acids is 1. The monoisotopic (exact) mass is 274 g/mol. The molecule has 1 nitrogen and oxygen atoms in total. The molecule has 0 spiro atoms. The molecule has 0 fully saturated rings. The first kappa shape index (κ1) is 13.6. The Hall–Kier alpha value is -2.41. The Morgan fingerprint density at radius 3 is 2.24 bits per heavy atom. The Kier molecular flexibility index (Phi) is 3.57. The van der Waals surface area contributed by atoms with Crippen LogP contribution in [0.5, 0.6) is 0 Å². The van der Waals surface area contributed by atoms with E-state index in [0.29, 0.717) is 0 Å². The van der Waals surface area contributed by atoms with Crippen molar-refractivity contribution in [2.75, 3.05) is 0 Å². The van der Waals surface area contributed by atoms with Crippen molar-refractivity contribution in [3.63, 3.8) is 0 Å². The molecule has 0 N–H and O–H groups in total. The van der Waals surface area contributed by atoms with Crippen LogP contribution in [0.2, 0.25) is 0 Å². The van der Waals surface area contributed by atoms with E-state index < -0.39 is 0 Å². The summed E-state index contributed by atoms with van der Waals surface area (Å²) < 4.78 is 0. The summed E-state index contributed by atoms with van der Waals surface area (Å²) in [4.78, 5) is 12.3. The average molecular weight is 274 g/mol. The van der Waals surface area contributed by atoms with E-state index in [1.807, 2.05) is 18.2 Å². The highest BCUT2D eigenvalue weighted by Gasteiger charge is 2.20. The molecule has 3 rings (SSSR count). The van der Waals surface area contributed by atoms with Crippen LogP contribution in [-0.4, -0.2) is 5.78 Å². The maximum atomic E-state index is 12.3. The molecule has 3 aromatic carbocycles. The van der Waals surface area contributed by atoms with E-state index in [-0.39, 0.29) is 11.7 Å². The zero-order valence-electron chi connectivity index (χ0n) is 12.3. The molecule has 0 bridgehead atoms. The number of aryl methyl sites for hydroxylation is 1. The van der Waals surface area contributed by atoms with E-state index in [1.54, 1.807) is 6.92 Å². The minimum absolute atomic E-state index is 0.176. The fourth-order valence-corrected chi connectivity index (χ4v) is 2.89. The summed E-state index contributed by atoms with van der Waals surface area (Å²) in [5.74, 6) is -0.0214. The zero-order chi connectivity index (χ0) is 14.8. The number of benzene rings is 3. The van der Waals surface area contributed by atoms with Crippen LogP contribution in [0.1, 0.15) is 29.5 Å². The van der Waals surface area contributed by atoms with Gasteiger partial charge in [-0.15, -0.1) is 0 Å². The number of ketones is 1. The summed E-state index contributed by atoms with van der Waals surface area (Å²) in [6.45, 7) is 3.73. The van der Waals surface area contributed by atoms with E-state index in [2.05, 4.69) is 55.5 Å². The second-order valence-corrected chi connectivity index (χ2v) is 5.52. The molecule has 0 saturated carbocycles. The van der Waals surface area contributed by atoms with Gasteiger partial charge < -0.3 is 0 Å². The van der Waals surface area contributed by atoms with Crippen LogP contribution in [-0.2, 0) is 4.79 Å². The third kappa shape index (κ3) is 2.59. The van der Waals surface area contributed by atoms with Gasteiger partial charge in [0.25, 0.3) is 0 Å². The van der Waals surface area contributed by atoms with E-state index in [9.17, 15) is 4.79 Å². The van der Waals surface area contributed by atoms with Crippen LogP contribution in [0.4, 0.5) is 0 Å². The number of Topliss-reactive ketones (excluding diaryl/α,β-unsaturated/α-hetero) is 1. The van der Waals surface area contributed by atoms with Crippen molar-refractivity contribution in [2.24, 2.45) is 0 Å². The third-order valence-electron chi connectivity index (χ3n) is 3.95. The normalized spacial score (nSPS) is 12.3. The molecule has 0 saturated heterocycles. The quantitative estimate of drug-likeness (QED) is 0.666. The minimum atomic E-state index is -0.198. The third-order valence-corrected chi connectivity index (χ3v) is 3.95. The fraction of sp³-hybridized carbons (Fsp3) is 0.150. The van der Waals surface area contributed by atoms with Gasteiger partial charge in [0.05, 0.1) is 5.92 Å². The van der Waals surface area contributed by atoms with Crippen LogP contribution in [0.15, 0.2) is 66.7 Å². The molecule has 0 aromatic heterocycles. The summed E-state index contributed by atoms with van der Waals surface area (Å²) in [6.07, 6.45) is 0. The highest BCUT2D eigenvalue weighted by molar-refractivity contribution is 5.95. The zero-order valence-corrected chi connectivity index (χ0v) is 12.3. The Morgan fingerprint density at radius 2 is 1.52 bits per heavy atom. The molecule has 104 valence electrons. The Morgan fingerprint density at radius 1 is 0.857 bits per heavy atom. The summed E-state index contributed by atoms with van der Waals surface area (Å²) in [7, 11) is 0. The predicted octanol–water partition coefficient (Wildman–Crippen LogP) is 4.87. The van der Waals surface area contributed by atoms with Gasteiger partial charge in [0.1, 0.15) is 5.78 Å². The molecule has 0 radical (unpaired) electrons. The molecule has 0 amide bonds. The SMILES string of the molecule is CC(=O)C(c1ccc(C)cc1)c1cccc2ccccc12. The van der Waals surface area contributed by atoms with Gasteiger partial charge in [-0.25, -0.2) is 0 Å². The lowest BCUT2D eigenvalue weighted by Crippen LogP contribution is -2.11. The molecule has 1 atom stereocenters. The minimum Gasteiger partial charge on any atom is -0.299 e. The Balaban J connectivity index is 2.21. The van der Waals surface area contributed by atoms with Crippen molar-refractivity contribution < 1.29 is 4.79 Å². The first-order valence-corrected chi connectivity index (χ1v) is 7.21. The van der Waals surface area contributed by atoms with E-state index in [0.717, 1.165) is 16.5 Å². The average Bonchev–Trinajstić information content (AvgIpc) is 2.49. The maximum absolute atomic E-state index is 12.3. The smallest absolute Gasteiger partial charge is 0.141 e. The maximum Gasteiger partial charge on any atom is 0.141 e. The van der Waals surface area contributed by atoms with Gasteiger partial charge in [-0.3, -0.25) is 4.79 Å². The van der Waals surface area contributed by atoms with Gasteiger partial charge in [0.2, 0.25) is 0 Å². The van der Waals surface area contributed by atoms with Crippen LogP contribution < -0.4 is 0 Å². The van der Waals surface area contributed by atoms with Crippen LogP contribution in [0, 0.1) is 6.92 Å². The Labute approximate surface area is 125 Å². The van der Waals surface area contributed by atoms with Gasteiger partial charge >= 0.3 is 0 Å². The van der Waals surface area contributed by atoms with Crippen LogP contribution in [0.25, 0.3) is 10.8 Å². The highest BCUT2D eigenvalue weighted by Crippen LogP contribution is 2.31. The number of hydrogen-bond donors (Lipinski definition) is 0. The largest absolute Gasteiger partial charge is 0.299 e. The molecule has 0 aliphatic carbocycles. The second kappa shape index (κ2) is 5.53. The lowest BCUT2D eigenvalue weighted by atomic mass is 9.85. The molecule has 21 heavy (non-hydrogen) atoms. The summed E-state index contributed by atoms with van der Waals surface area (Å²) in [6, 6.07) is 22.7. The number of rotatable bonds is 3. The molecule has 3 aromatic rings. The van der Waals surface area contributed by atoms with Crippen LogP contribution in [0.3, 0.4) is 0 Å². The van der Waals surface area contributed by atoms with Crippen molar-refractivity contribution in [3.8, 4) is 0 Å². The van der Waals surface area contributed by atoms with Crippen molar-refractivity contribution in [2.45, 2.75) is 19.8 Å². The van der Waals surface area contributed by atoms with Gasteiger partial charge in [-0.05, 0) is 35.7 Å². The topological polar surface area (TPSA) is 17.1 Å². The van der Waals surface area contributed by atoms with Crippen molar-refractivity contribution in [1.29, 1.82) is 0 Å². The first-order chi connectivity index (χ1) is 10.2. The van der Waals surface area contributed by atoms with E-state index in [4.69, 9.17) is 0 Å². The van der Waals surface area contributed by atoms with Gasteiger partial charge in [-0.1, -0.05) is 72.3 Å². The molecular formula is C20H18O. The van der Waals surface area contributed by atoms with Crippen molar-refractivity contribution in [1.82, 2.24) is 0 Å². The number of carbonyl (C=O) groups is 1. The summed E-state index contributed by atoms with van der Waals surface area (Å²) in [5.41, 5.74) is 3.35. The highest BCUT2D eigenvalue weighted by atomic mass is 16.1. The molecule has 1 unspecified atom stereocenters. The standard InChI is InChI=1S/C20H18O/c1-14-10-12-17(13-11-14)20(15(2)21)19-9-5-7-16-6-3-4-8-18(16)19/h3-13,20H,1-2H3. The van der Waals surface area contributed by atoms with E-state index >= 15 is 0 Å². The summed E-state index contributed by atoms with van der Waals surface area (Å²) >= 11 is 0. The van der Waals surface area contributed by atoms with E-state index in [1.165, 1.54) is 10.9 Å². The molecule has 1 heteroatoms.